The molecule has 3 radical (unpaired) electrons. The molecule has 0 heterocycles. The number of aliphatic hydroxyl groups is 1. The van der Waals surface area contributed by atoms with E-state index < -0.39 is 5.60 Å². The Bertz CT molecular complexity index is 2200. The van der Waals surface area contributed by atoms with Gasteiger partial charge in [0.2, 0.25) is 0 Å². The molecule has 0 unspecified atom stereocenters. The number of carbonyl (C=O) groups excluding carboxylic acids is 1. The van der Waals surface area contributed by atoms with Crippen molar-refractivity contribution in [3.63, 3.8) is 0 Å². The minimum atomic E-state index is -0.429. The molecule has 6 aromatic carbocycles. The summed E-state index contributed by atoms with van der Waals surface area (Å²) in [6, 6.07) is 49.9. The summed E-state index contributed by atoms with van der Waals surface area (Å²) < 4.78 is 4.47. The van der Waals surface area contributed by atoms with Crippen molar-refractivity contribution in [1.29, 1.82) is 15.8 Å². The van der Waals surface area contributed by atoms with Crippen LogP contribution in [-0.2, 0) is 33.8 Å². The van der Waals surface area contributed by atoms with Gasteiger partial charge in [-0.05, 0) is 183 Å². The molecule has 0 fully saturated rings. The van der Waals surface area contributed by atoms with Crippen LogP contribution in [0.2, 0.25) is 0 Å². The third kappa shape index (κ3) is 62.5. The number of carbonyl (C=O) groups is 1. The fourth-order valence-electron chi connectivity index (χ4n) is 3.65. The SMILES string of the molecule is BrCc1ccccc1I.CC.CC.CC.CC.CC.CC.CC(C)(C)ON=O.Cc1ccccc1N.N#Cc1ccccc1I.N#Cc1ccccc1N.O=Cc1ccccc1I.OCc1ccccc1I.[B].[C-]#N.[Cu+].[H-].[Na+]. The standard InChI is InChI=1S/C7H6BrI.C7H4IN.C7H7IO.C7H5IO.C7H6N2.C7H9N.C4H9NO2.6C2H6.CN.B.Cu.Na.H/c8-5-6-3-1-2-4-7(6)9;3*8-7-4-2-1-3-6(7)5-9;8-5-6-3-1-2-4-7(6)9;1-6-4-2-3-5-7(6)8;1-4(2,3)7-5-6;7*1-2;;;;/h1-4H,5H2;1-4H;1-4,9H,5H2;1-5H;1-4H,9H2;2-5H,8H2,1H3;1-3H3;6*1-2H3;;;;;/q;;;;;;;;;;;;;-1;;2*+1;-1. The molecular formula is C59H83BBrCuI4N6NaO4. The van der Waals surface area contributed by atoms with E-state index in [-0.39, 0.29) is 63.1 Å². The molecule has 5 N–H and O–H groups in total. The third-order valence-corrected chi connectivity index (χ3v) is 11.5. The molecule has 6 aromatic rings. The summed E-state index contributed by atoms with van der Waals surface area (Å²) in [5, 5.41) is 35.0. The number of nitrogens with zero attached hydrogens (tertiary/aromatic N) is 4. The number of benzene rings is 6. The number of hydrogen-bond acceptors (Lipinski definition) is 10. The molecule has 0 aliphatic heterocycles. The topological polar surface area (TPSA) is 199 Å². The van der Waals surface area contributed by atoms with Crippen LogP contribution < -0.4 is 41.0 Å². The first-order valence-electron chi connectivity index (χ1n) is 23.9. The van der Waals surface area contributed by atoms with Crippen molar-refractivity contribution in [2.45, 2.75) is 128 Å². The molecule has 0 aliphatic carbocycles. The Balaban J connectivity index is -0.0000000622. The van der Waals surface area contributed by atoms with Gasteiger partial charge in [-0.15, -0.1) is 4.91 Å². The van der Waals surface area contributed by atoms with E-state index in [4.69, 9.17) is 38.9 Å². The van der Waals surface area contributed by atoms with Crippen molar-refractivity contribution >= 4 is 132 Å². The van der Waals surface area contributed by atoms with Crippen LogP contribution in [0.1, 0.15) is 143 Å². The van der Waals surface area contributed by atoms with Crippen LogP contribution in [0.3, 0.4) is 0 Å². The maximum absolute atomic E-state index is 10.2. The van der Waals surface area contributed by atoms with E-state index in [1.807, 2.05) is 193 Å². The number of rotatable bonds is 4. The Morgan fingerprint density at radius 2 is 0.922 bits per heavy atom. The summed E-state index contributed by atoms with van der Waals surface area (Å²) in [5.74, 6) is 0. The van der Waals surface area contributed by atoms with Gasteiger partial charge >= 0.3 is 46.6 Å². The molecule has 423 valence electrons. The van der Waals surface area contributed by atoms with Crippen molar-refractivity contribution < 1.29 is 62.8 Å². The molecule has 0 saturated carbocycles. The Labute approximate surface area is 565 Å². The second-order valence-electron chi connectivity index (χ2n) is 12.5. The molecule has 0 amide bonds. The molecule has 6 rings (SSSR count). The minimum Gasteiger partial charge on any atom is -1.00 e. The van der Waals surface area contributed by atoms with Crippen molar-refractivity contribution in [2.75, 3.05) is 11.5 Å². The summed E-state index contributed by atoms with van der Waals surface area (Å²) in [7, 11) is 0. The van der Waals surface area contributed by atoms with Gasteiger partial charge in [0.25, 0.3) is 0 Å². The van der Waals surface area contributed by atoms with Gasteiger partial charge < -0.3 is 34.7 Å². The molecule has 0 bridgehead atoms. The molecule has 0 atom stereocenters. The largest absolute Gasteiger partial charge is 1.00 e. The maximum atomic E-state index is 10.2. The van der Waals surface area contributed by atoms with Gasteiger partial charge in [-0.25, -0.2) is 0 Å². The number of nitrogens with two attached hydrogens (primary N) is 2. The molecule has 77 heavy (non-hydrogen) atoms. The normalized spacial score (nSPS) is 7.66. The van der Waals surface area contributed by atoms with Crippen molar-refractivity contribution in [2.24, 2.45) is 5.34 Å². The predicted octanol–water partition coefficient (Wildman–Crippen LogP) is 16.4. The third-order valence-electron chi connectivity index (χ3n) is 6.84. The summed E-state index contributed by atoms with van der Waals surface area (Å²) in [6.45, 7) is 36.2. The van der Waals surface area contributed by atoms with Crippen molar-refractivity contribution in [1.82, 2.24) is 0 Å². The summed E-state index contributed by atoms with van der Waals surface area (Å²) in [4.78, 5) is 23.9. The number of nitriles is 2. The quantitative estimate of drug-likeness (QED) is 0.0225. The van der Waals surface area contributed by atoms with E-state index in [9.17, 15) is 9.70 Å². The number of alkyl halides is 1. The van der Waals surface area contributed by atoms with E-state index in [0.717, 1.165) is 50.3 Å². The average Bonchev–Trinajstić information content (AvgIpc) is 3.45. The Kier molecular flexibility index (Phi) is 101. The van der Waals surface area contributed by atoms with Crippen molar-refractivity contribution in [3.05, 3.63) is 205 Å². The van der Waals surface area contributed by atoms with Crippen LogP contribution in [0, 0.1) is 60.6 Å². The van der Waals surface area contributed by atoms with Gasteiger partial charge in [-0.3, -0.25) is 4.79 Å². The van der Waals surface area contributed by atoms with E-state index in [1.165, 1.54) is 9.13 Å². The van der Waals surface area contributed by atoms with E-state index in [0.29, 0.717) is 11.3 Å². The van der Waals surface area contributed by atoms with Gasteiger partial charge in [-0.2, -0.15) is 10.5 Å². The molecule has 10 nitrogen and oxygen atoms in total. The summed E-state index contributed by atoms with van der Waals surface area (Å²) >= 11 is 12.2. The van der Waals surface area contributed by atoms with Gasteiger partial charge in [0.1, 0.15) is 17.7 Å². The number of aryl methyl sites for hydroxylation is 1. The smallest absolute Gasteiger partial charge is 1.00 e. The van der Waals surface area contributed by atoms with Gasteiger partial charge in [0.05, 0.1) is 17.7 Å². The van der Waals surface area contributed by atoms with E-state index in [2.05, 4.69) is 141 Å². The first-order valence-corrected chi connectivity index (χ1v) is 29.3. The first kappa shape index (κ1) is 99.7. The summed E-state index contributed by atoms with van der Waals surface area (Å²) in [5.41, 5.74) is 17.5. The van der Waals surface area contributed by atoms with E-state index >= 15 is 0 Å². The zero-order chi connectivity index (χ0) is 59.3. The Morgan fingerprint density at radius 3 is 1.13 bits per heavy atom. The van der Waals surface area contributed by atoms with Gasteiger partial charge in [0.15, 0.2) is 11.6 Å². The van der Waals surface area contributed by atoms with Crippen LogP contribution in [0.25, 0.3) is 0 Å². The van der Waals surface area contributed by atoms with Crippen LogP contribution in [-0.4, -0.2) is 25.4 Å². The zero-order valence-electron chi connectivity index (χ0n) is 49.2. The Hall–Kier alpha value is -2.60. The fraction of sp³-hybridized carbons (Fsp3) is 0.322. The molecule has 0 aromatic heterocycles. The number of nitrogen functional groups attached to an aromatic ring is 2. The maximum Gasteiger partial charge on any atom is 1.00 e. The minimum absolute atomic E-state index is 0. The number of aliphatic hydroxyl groups excluding tert-OH is 1. The van der Waals surface area contributed by atoms with Crippen molar-refractivity contribution in [3.8, 4) is 12.1 Å². The van der Waals surface area contributed by atoms with Gasteiger partial charge in [-0.1, -0.05) is 196 Å². The molecular weight excluding hydrogens is 1540 g/mol. The first-order chi connectivity index (χ1) is 35.6. The second-order valence-corrected chi connectivity index (χ2v) is 17.7. The number of para-hydroxylation sites is 2. The Morgan fingerprint density at radius 1 is 0.597 bits per heavy atom. The second kappa shape index (κ2) is 77.6. The average molecular weight is 1630 g/mol. The number of anilines is 2. The molecule has 0 spiro atoms. The number of hydrogen-bond donors (Lipinski definition) is 3. The number of halogens is 5. The fourth-order valence-corrected chi connectivity index (χ4v) is 6.83. The number of aldehydes is 1. The van der Waals surface area contributed by atoms with Crippen LogP contribution >= 0.6 is 106 Å². The molecule has 0 aliphatic rings. The monoisotopic (exact) mass is 1620 g/mol. The summed E-state index contributed by atoms with van der Waals surface area (Å²) in [6.07, 6.45) is 0.863. The van der Waals surface area contributed by atoms with Crippen LogP contribution in [0.15, 0.2) is 151 Å². The molecule has 0 saturated heterocycles. The zero-order valence-corrected chi connectivity index (χ0v) is 61.4. The van der Waals surface area contributed by atoms with Crippen LogP contribution in [0.5, 0.6) is 0 Å². The van der Waals surface area contributed by atoms with Gasteiger partial charge in [0, 0.05) is 45.0 Å². The van der Waals surface area contributed by atoms with E-state index in [1.54, 1.807) is 51.1 Å². The molecule has 18 heteroatoms. The predicted molar refractivity (Wildman–Crippen MR) is 363 cm³/mol. The van der Waals surface area contributed by atoms with Crippen LogP contribution in [0.4, 0.5) is 11.4 Å².